The van der Waals surface area contributed by atoms with Crippen molar-refractivity contribution in [3.8, 4) is 11.5 Å². The SMILES string of the molecule is CCOC(=O)C1=C(C)N=C2SC=CN2[C@H]1c1ccc(OCC(=O)Nc2ccc(Br)c(C)c2)c(OC)c1. The predicted octanol–water partition coefficient (Wildman–Crippen LogP) is 5.55. The second-order valence-electron chi connectivity index (χ2n) is 8.04. The molecule has 0 unspecified atom stereocenters. The van der Waals surface area contributed by atoms with Gasteiger partial charge in [-0.05, 0) is 67.6 Å². The molecule has 0 aromatic heterocycles. The number of nitrogens with one attached hydrogen (secondary N) is 1. The van der Waals surface area contributed by atoms with Crippen LogP contribution >= 0.6 is 27.7 Å². The number of anilines is 1. The van der Waals surface area contributed by atoms with Crippen LogP contribution < -0.4 is 14.8 Å². The highest BCUT2D eigenvalue weighted by Gasteiger charge is 2.37. The molecule has 0 saturated carbocycles. The van der Waals surface area contributed by atoms with Crippen LogP contribution in [0.15, 0.2) is 68.7 Å². The summed E-state index contributed by atoms with van der Waals surface area (Å²) in [4.78, 5) is 31.8. The minimum atomic E-state index is -0.435. The number of allylic oxidation sites excluding steroid dienone is 1. The van der Waals surface area contributed by atoms with Crippen LogP contribution in [0.25, 0.3) is 0 Å². The maximum absolute atomic E-state index is 12.9. The number of halogens is 1. The Bertz CT molecular complexity index is 1290. The van der Waals surface area contributed by atoms with Crippen LogP contribution in [0.5, 0.6) is 11.5 Å². The number of carbonyl (C=O) groups excluding carboxylic acids is 2. The monoisotopic (exact) mass is 571 g/mol. The molecule has 2 aliphatic heterocycles. The number of aliphatic imine (C=N–C) groups is 1. The van der Waals surface area contributed by atoms with Gasteiger partial charge in [0.25, 0.3) is 5.91 Å². The highest BCUT2D eigenvalue weighted by Crippen LogP contribution is 2.43. The predicted molar refractivity (Wildman–Crippen MR) is 144 cm³/mol. The van der Waals surface area contributed by atoms with Crippen molar-refractivity contribution in [2.75, 3.05) is 25.6 Å². The van der Waals surface area contributed by atoms with Crippen LogP contribution in [0, 0.1) is 6.92 Å². The third-order valence-electron chi connectivity index (χ3n) is 5.62. The van der Waals surface area contributed by atoms with Crippen molar-refractivity contribution in [3.05, 3.63) is 74.9 Å². The number of methoxy groups -OCH3 is 1. The standard InChI is InChI=1S/C26H26BrN3O5S/c1-5-34-25(32)23-16(3)28-26-30(10-11-36-26)24(23)17-6-9-20(21(13-17)33-4)35-14-22(31)29-18-7-8-19(27)15(2)12-18/h6-13,24H,5,14H2,1-4H3,(H,29,31)/t24-/m0/s1. The van der Waals surface area contributed by atoms with Gasteiger partial charge in [0.2, 0.25) is 0 Å². The summed E-state index contributed by atoms with van der Waals surface area (Å²) in [6.45, 7) is 5.60. The second kappa shape index (κ2) is 11.2. The van der Waals surface area contributed by atoms with Crippen LogP contribution in [0.4, 0.5) is 5.69 Å². The zero-order valence-electron chi connectivity index (χ0n) is 20.3. The van der Waals surface area contributed by atoms with E-state index in [4.69, 9.17) is 14.2 Å². The van der Waals surface area contributed by atoms with Crippen LogP contribution in [0.1, 0.15) is 31.0 Å². The van der Waals surface area contributed by atoms with E-state index in [1.165, 1.54) is 18.9 Å². The number of nitrogens with zero attached hydrogens (tertiary/aromatic N) is 2. The Morgan fingerprint density at radius 1 is 1.17 bits per heavy atom. The first kappa shape index (κ1) is 25.8. The summed E-state index contributed by atoms with van der Waals surface area (Å²) in [7, 11) is 1.53. The zero-order valence-corrected chi connectivity index (χ0v) is 22.7. The van der Waals surface area contributed by atoms with Gasteiger partial charge in [-0.3, -0.25) is 4.79 Å². The minimum absolute atomic E-state index is 0.191. The Hall–Kier alpha value is -3.24. The molecule has 2 aliphatic rings. The largest absolute Gasteiger partial charge is 0.493 e. The highest BCUT2D eigenvalue weighted by atomic mass is 79.9. The lowest BCUT2D eigenvalue weighted by Gasteiger charge is -2.33. The molecule has 0 fully saturated rings. The van der Waals surface area contributed by atoms with E-state index < -0.39 is 12.0 Å². The molecule has 1 N–H and O–H groups in total. The third kappa shape index (κ3) is 5.44. The van der Waals surface area contributed by atoms with Crippen LogP contribution in [0.2, 0.25) is 0 Å². The Kier molecular flexibility index (Phi) is 8.05. The minimum Gasteiger partial charge on any atom is -0.493 e. The fourth-order valence-corrected chi connectivity index (χ4v) is 4.97. The lowest BCUT2D eigenvalue weighted by Crippen LogP contribution is -2.34. The number of aryl methyl sites for hydroxylation is 1. The molecule has 36 heavy (non-hydrogen) atoms. The number of fused-ring (bicyclic) bond motifs is 1. The number of ether oxygens (including phenoxy) is 3. The summed E-state index contributed by atoms with van der Waals surface area (Å²) >= 11 is 4.94. The van der Waals surface area contributed by atoms with Crippen molar-refractivity contribution in [2.24, 2.45) is 4.99 Å². The lowest BCUT2D eigenvalue weighted by atomic mass is 9.94. The molecule has 4 rings (SSSR count). The van der Waals surface area contributed by atoms with Crippen molar-refractivity contribution in [3.63, 3.8) is 0 Å². The van der Waals surface area contributed by atoms with Crippen LogP contribution in [-0.2, 0) is 14.3 Å². The van der Waals surface area contributed by atoms with Crippen LogP contribution in [0.3, 0.4) is 0 Å². The summed E-state index contributed by atoms with van der Waals surface area (Å²) in [5.41, 5.74) is 3.58. The van der Waals surface area contributed by atoms with Crippen molar-refractivity contribution >= 4 is 50.4 Å². The molecule has 1 atom stereocenters. The van der Waals surface area contributed by atoms with Gasteiger partial charge >= 0.3 is 5.97 Å². The highest BCUT2D eigenvalue weighted by molar-refractivity contribution is 9.10. The van der Waals surface area contributed by atoms with Gasteiger partial charge in [0, 0.05) is 16.4 Å². The van der Waals surface area contributed by atoms with Gasteiger partial charge in [0.05, 0.1) is 31.0 Å². The summed E-state index contributed by atoms with van der Waals surface area (Å²) in [5, 5.41) is 5.53. The topological polar surface area (TPSA) is 89.5 Å². The quantitative estimate of drug-likeness (QED) is 0.415. The molecule has 0 radical (unpaired) electrons. The third-order valence-corrected chi connectivity index (χ3v) is 7.28. The second-order valence-corrected chi connectivity index (χ2v) is 9.77. The normalized spacial score (nSPS) is 16.4. The molecular formula is C26H26BrN3O5S. The van der Waals surface area contributed by atoms with E-state index >= 15 is 0 Å². The Balaban J connectivity index is 1.54. The van der Waals surface area contributed by atoms with Crippen molar-refractivity contribution in [2.45, 2.75) is 26.8 Å². The molecule has 2 aromatic rings. The first-order valence-corrected chi connectivity index (χ1v) is 12.9. The molecule has 10 heteroatoms. The summed E-state index contributed by atoms with van der Waals surface area (Å²) < 4.78 is 17.6. The molecular weight excluding hydrogens is 546 g/mol. The molecule has 0 bridgehead atoms. The molecule has 188 valence electrons. The molecule has 0 spiro atoms. The molecule has 0 saturated heterocycles. The smallest absolute Gasteiger partial charge is 0.338 e. The molecule has 1 amide bonds. The number of esters is 1. The van der Waals surface area contributed by atoms with Gasteiger partial charge < -0.3 is 24.4 Å². The molecule has 2 aromatic carbocycles. The van der Waals surface area contributed by atoms with Gasteiger partial charge in [-0.2, -0.15) is 0 Å². The van der Waals surface area contributed by atoms with E-state index in [0.29, 0.717) is 28.5 Å². The van der Waals surface area contributed by atoms with E-state index in [-0.39, 0.29) is 19.1 Å². The van der Waals surface area contributed by atoms with Crippen molar-refractivity contribution in [1.29, 1.82) is 0 Å². The Labute approximate surface area is 222 Å². The number of carbonyl (C=O) groups is 2. The number of rotatable bonds is 8. The van der Waals surface area contributed by atoms with Crippen molar-refractivity contribution in [1.82, 2.24) is 4.90 Å². The average Bonchev–Trinajstić information content (AvgIpc) is 3.32. The summed E-state index contributed by atoms with van der Waals surface area (Å²) in [5.74, 6) is 0.156. The first-order chi connectivity index (χ1) is 17.3. The lowest BCUT2D eigenvalue weighted by molar-refractivity contribution is -0.139. The van der Waals surface area contributed by atoms with Crippen molar-refractivity contribution < 1.29 is 23.8 Å². The maximum atomic E-state index is 12.9. The zero-order chi connectivity index (χ0) is 25.8. The maximum Gasteiger partial charge on any atom is 0.338 e. The fraction of sp³-hybridized carbons (Fsp3) is 0.269. The summed E-state index contributed by atoms with van der Waals surface area (Å²) in [6.07, 6.45) is 1.89. The molecule has 2 heterocycles. The van der Waals surface area contributed by atoms with E-state index in [0.717, 1.165) is 20.8 Å². The number of amidine groups is 1. The Morgan fingerprint density at radius 2 is 1.97 bits per heavy atom. The van der Waals surface area contributed by atoms with E-state index in [2.05, 4.69) is 26.2 Å². The molecule has 0 aliphatic carbocycles. The number of thioether (sulfide) groups is 1. The molecule has 8 nitrogen and oxygen atoms in total. The van der Waals surface area contributed by atoms with Crippen LogP contribution in [-0.4, -0.2) is 42.3 Å². The number of benzene rings is 2. The number of hydrogen-bond donors (Lipinski definition) is 1. The van der Waals surface area contributed by atoms with E-state index in [1.54, 1.807) is 13.0 Å². The fourth-order valence-electron chi connectivity index (χ4n) is 3.93. The van der Waals surface area contributed by atoms with Gasteiger partial charge in [-0.15, -0.1) is 0 Å². The number of hydrogen-bond acceptors (Lipinski definition) is 8. The van der Waals surface area contributed by atoms with Gasteiger partial charge in [-0.25, -0.2) is 9.79 Å². The summed E-state index contributed by atoms with van der Waals surface area (Å²) in [6, 6.07) is 10.5. The average molecular weight is 572 g/mol. The Morgan fingerprint density at radius 3 is 2.69 bits per heavy atom. The van der Waals surface area contributed by atoms with Gasteiger partial charge in [0.15, 0.2) is 23.3 Å². The number of amides is 1. The van der Waals surface area contributed by atoms with Gasteiger partial charge in [-0.1, -0.05) is 33.8 Å². The van der Waals surface area contributed by atoms with Gasteiger partial charge in [0.1, 0.15) is 0 Å². The first-order valence-electron chi connectivity index (χ1n) is 11.3. The van der Waals surface area contributed by atoms with E-state index in [1.807, 2.05) is 60.7 Å². The van der Waals surface area contributed by atoms with E-state index in [9.17, 15) is 9.59 Å².